The maximum absolute atomic E-state index is 15.6. The summed E-state index contributed by atoms with van der Waals surface area (Å²) in [6.45, 7) is 9.82. The smallest absolute Gasteiger partial charge is 0.251 e. The van der Waals surface area contributed by atoms with Gasteiger partial charge in [0.25, 0.3) is 5.91 Å². The number of aromatic nitrogens is 2. The number of ketones is 1. The molecule has 174 valence electrons. The van der Waals surface area contributed by atoms with Gasteiger partial charge < -0.3 is 10.6 Å². The number of fused-ring (bicyclic) bond motifs is 1. The van der Waals surface area contributed by atoms with Crippen molar-refractivity contribution in [2.45, 2.75) is 53.9 Å². The van der Waals surface area contributed by atoms with Crippen LogP contribution in [-0.4, -0.2) is 28.2 Å². The zero-order valence-corrected chi connectivity index (χ0v) is 20.3. The van der Waals surface area contributed by atoms with E-state index in [1.807, 2.05) is 27.7 Å². The lowest BCUT2D eigenvalue weighted by Gasteiger charge is -2.27. The van der Waals surface area contributed by atoms with Crippen molar-refractivity contribution in [1.29, 1.82) is 0 Å². The first-order chi connectivity index (χ1) is 15.8. The molecule has 1 amide bonds. The number of Topliss-reactive ketones (excluding diaryl/α,β-unsaturated/α-hetero) is 1. The van der Waals surface area contributed by atoms with Crippen LogP contribution in [0.2, 0.25) is 5.15 Å². The molecule has 6 nitrogen and oxygen atoms in total. The summed E-state index contributed by atoms with van der Waals surface area (Å²) in [5.74, 6) is -0.868. The highest BCUT2D eigenvalue weighted by Gasteiger charge is 2.29. The second kappa shape index (κ2) is 10.3. The molecule has 0 saturated heterocycles. The van der Waals surface area contributed by atoms with E-state index in [1.54, 1.807) is 6.20 Å². The minimum atomic E-state index is -0.524. The Labute approximate surface area is 198 Å². The molecule has 3 heterocycles. The van der Waals surface area contributed by atoms with E-state index in [0.717, 1.165) is 28.7 Å². The number of carbonyl (C=O) groups excluding carboxylic acids is 2. The normalized spacial score (nSPS) is 15.4. The fourth-order valence-electron chi connectivity index (χ4n) is 4.22. The third-order valence-electron chi connectivity index (χ3n) is 5.81. The molecule has 2 aromatic heterocycles. The fraction of sp³-hybridized carbons (Fsp3) is 0.360. The van der Waals surface area contributed by atoms with E-state index in [9.17, 15) is 9.59 Å². The largest absolute Gasteiger partial charge is 0.352 e. The monoisotopic (exact) mass is 470 g/mol. The summed E-state index contributed by atoms with van der Waals surface area (Å²) in [7, 11) is 0. The molecule has 0 bridgehead atoms. The molecule has 1 aliphatic carbocycles. The molecule has 33 heavy (non-hydrogen) atoms. The van der Waals surface area contributed by atoms with Gasteiger partial charge in [0, 0.05) is 30.1 Å². The lowest BCUT2D eigenvalue weighted by Crippen LogP contribution is -2.32. The Hall–Kier alpha value is -3.06. The SMILES string of the molecule is CC.CC(=O)c1cnc(Cl)cc1Nc1ncc2c(c1F)C(C)=C(C1=C(C)CCNC1=O)CC2. The van der Waals surface area contributed by atoms with Crippen molar-refractivity contribution < 1.29 is 14.0 Å². The zero-order chi connectivity index (χ0) is 24.3. The summed E-state index contributed by atoms with van der Waals surface area (Å²) in [5.41, 5.74) is 5.15. The highest BCUT2D eigenvalue weighted by Crippen LogP contribution is 2.39. The van der Waals surface area contributed by atoms with Crippen molar-refractivity contribution in [2.75, 3.05) is 11.9 Å². The van der Waals surface area contributed by atoms with Gasteiger partial charge in [-0.3, -0.25) is 9.59 Å². The minimum Gasteiger partial charge on any atom is -0.352 e. The summed E-state index contributed by atoms with van der Waals surface area (Å²) >= 11 is 5.97. The van der Waals surface area contributed by atoms with Crippen LogP contribution in [0.3, 0.4) is 0 Å². The third kappa shape index (κ3) is 4.83. The number of nitrogens with one attached hydrogen (secondary N) is 2. The maximum atomic E-state index is 15.6. The highest BCUT2D eigenvalue weighted by molar-refractivity contribution is 6.29. The standard InChI is InChI=1S/C23H22ClFN4O2.C2H6/c1-11-6-7-26-23(31)19(11)15-5-4-14-9-28-22(21(25)20(14)12(15)2)29-17-8-18(24)27-10-16(17)13(3)30;1-2/h8-10H,4-7H2,1-3H3,(H,26,31)(H,27,28,29);1-2H3. The summed E-state index contributed by atoms with van der Waals surface area (Å²) in [6.07, 6.45) is 5.02. The number of carbonyl (C=O) groups is 2. The summed E-state index contributed by atoms with van der Waals surface area (Å²) in [4.78, 5) is 32.6. The van der Waals surface area contributed by atoms with Gasteiger partial charge in [0.05, 0.1) is 11.3 Å². The molecule has 2 aromatic rings. The molecule has 2 aliphatic rings. The second-order valence-electron chi connectivity index (χ2n) is 7.82. The third-order valence-corrected chi connectivity index (χ3v) is 6.02. The summed E-state index contributed by atoms with van der Waals surface area (Å²) in [5, 5.41) is 5.96. The molecular formula is C25H28ClFN4O2. The molecule has 0 radical (unpaired) electrons. The topological polar surface area (TPSA) is 84.0 Å². The van der Waals surface area contributed by atoms with Gasteiger partial charge in [-0.2, -0.15) is 0 Å². The second-order valence-corrected chi connectivity index (χ2v) is 8.21. The number of halogens is 2. The Morgan fingerprint density at radius 1 is 1.15 bits per heavy atom. The minimum absolute atomic E-state index is 0.0112. The van der Waals surface area contributed by atoms with Gasteiger partial charge in [-0.25, -0.2) is 14.4 Å². The number of pyridine rings is 2. The average Bonchev–Trinajstić information content (AvgIpc) is 2.78. The first-order valence-corrected chi connectivity index (χ1v) is 11.4. The predicted molar refractivity (Wildman–Crippen MR) is 129 cm³/mol. The molecule has 0 unspecified atom stereocenters. The Balaban J connectivity index is 0.00000149. The van der Waals surface area contributed by atoms with Crippen molar-refractivity contribution in [2.24, 2.45) is 0 Å². The molecule has 0 spiro atoms. The van der Waals surface area contributed by atoms with Gasteiger partial charge in [-0.1, -0.05) is 31.0 Å². The van der Waals surface area contributed by atoms with Crippen molar-refractivity contribution in [3.05, 3.63) is 62.8 Å². The number of amides is 1. The number of rotatable bonds is 4. The van der Waals surface area contributed by atoms with Crippen LogP contribution in [0.25, 0.3) is 5.57 Å². The van der Waals surface area contributed by atoms with Crippen LogP contribution in [-0.2, 0) is 11.2 Å². The van der Waals surface area contributed by atoms with Crippen LogP contribution in [0.1, 0.15) is 68.9 Å². The molecule has 0 fully saturated rings. The Morgan fingerprint density at radius 3 is 2.55 bits per heavy atom. The van der Waals surface area contributed by atoms with Gasteiger partial charge in [-0.15, -0.1) is 0 Å². The number of aryl methyl sites for hydroxylation is 1. The molecule has 2 N–H and O–H groups in total. The van der Waals surface area contributed by atoms with Crippen LogP contribution in [0, 0.1) is 5.82 Å². The van der Waals surface area contributed by atoms with E-state index in [-0.39, 0.29) is 28.2 Å². The van der Waals surface area contributed by atoms with E-state index in [1.165, 1.54) is 19.2 Å². The van der Waals surface area contributed by atoms with Gasteiger partial charge >= 0.3 is 0 Å². The molecular weight excluding hydrogens is 443 g/mol. The number of allylic oxidation sites excluding steroid dienone is 1. The molecule has 0 aromatic carbocycles. The van der Waals surface area contributed by atoms with E-state index in [2.05, 4.69) is 20.6 Å². The van der Waals surface area contributed by atoms with Crippen LogP contribution < -0.4 is 10.6 Å². The average molecular weight is 471 g/mol. The lowest BCUT2D eigenvalue weighted by molar-refractivity contribution is -0.117. The fourth-order valence-corrected chi connectivity index (χ4v) is 4.38. The van der Waals surface area contributed by atoms with Crippen molar-refractivity contribution >= 4 is 40.4 Å². The van der Waals surface area contributed by atoms with Crippen LogP contribution in [0.5, 0.6) is 0 Å². The molecule has 8 heteroatoms. The Morgan fingerprint density at radius 2 is 1.88 bits per heavy atom. The van der Waals surface area contributed by atoms with E-state index in [0.29, 0.717) is 36.2 Å². The van der Waals surface area contributed by atoms with Crippen molar-refractivity contribution in [3.8, 4) is 0 Å². The predicted octanol–water partition coefficient (Wildman–Crippen LogP) is 5.80. The number of nitrogens with zero attached hydrogens (tertiary/aromatic N) is 2. The number of anilines is 2. The number of hydrogen-bond donors (Lipinski definition) is 2. The highest BCUT2D eigenvalue weighted by atomic mass is 35.5. The van der Waals surface area contributed by atoms with E-state index < -0.39 is 5.82 Å². The lowest BCUT2D eigenvalue weighted by atomic mass is 9.81. The zero-order valence-electron chi connectivity index (χ0n) is 19.5. The van der Waals surface area contributed by atoms with E-state index >= 15 is 4.39 Å². The summed E-state index contributed by atoms with van der Waals surface area (Å²) in [6, 6.07) is 1.47. The first-order valence-electron chi connectivity index (χ1n) is 11.1. The van der Waals surface area contributed by atoms with Gasteiger partial charge in [0.15, 0.2) is 17.4 Å². The van der Waals surface area contributed by atoms with Crippen LogP contribution >= 0.6 is 11.6 Å². The molecule has 1 aliphatic heterocycles. The molecule has 0 atom stereocenters. The maximum Gasteiger partial charge on any atom is 0.251 e. The van der Waals surface area contributed by atoms with Crippen LogP contribution in [0.15, 0.2) is 35.2 Å². The molecule has 0 saturated carbocycles. The molecule has 4 rings (SSSR count). The van der Waals surface area contributed by atoms with Gasteiger partial charge in [0.1, 0.15) is 5.15 Å². The first kappa shape index (κ1) is 24.6. The Bertz CT molecular complexity index is 1190. The van der Waals surface area contributed by atoms with Crippen LogP contribution in [0.4, 0.5) is 15.9 Å². The van der Waals surface area contributed by atoms with Gasteiger partial charge in [0.2, 0.25) is 0 Å². The van der Waals surface area contributed by atoms with Gasteiger partial charge in [-0.05, 0) is 62.8 Å². The quantitative estimate of drug-likeness (QED) is 0.436. The van der Waals surface area contributed by atoms with Crippen molar-refractivity contribution in [1.82, 2.24) is 15.3 Å². The summed E-state index contributed by atoms with van der Waals surface area (Å²) < 4.78 is 15.6. The van der Waals surface area contributed by atoms with Crippen molar-refractivity contribution in [3.63, 3.8) is 0 Å². The van der Waals surface area contributed by atoms with E-state index in [4.69, 9.17) is 11.6 Å². The number of hydrogen-bond acceptors (Lipinski definition) is 5. The Kier molecular flexibility index (Phi) is 7.64.